The summed E-state index contributed by atoms with van der Waals surface area (Å²) < 4.78 is 13.6. The first kappa shape index (κ1) is 15.4. The number of imidazole rings is 1. The molecule has 0 saturated carbocycles. The summed E-state index contributed by atoms with van der Waals surface area (Å²) in [5.41, 5.74) is 4.20. The molecule has 3 aromatic rings. The maximum atomic E-state index is 13.3. The van der Waals surface area contributed by atoms with Crippen molar-refractivity contribution < 1.29 is 9.60 Å². The van der Waals surface area contributed by atoms with Crippen LogP contribution in [0.3, 0.4) is 0 Å². The number of fused-ring (bicyclic) bond motifs is 1. The monoisotopic (exact) mass is 378 g/mol. The fraction of sp³-hybridized carbons (Fsp3) is 0.0714. The van der Waals surface area contributed by atoms with Crippen LogP contribution in [-0.2, 0) is 0 Å². The van der Waals surface area contributed by atoms with E-state index in [9.17, 15) is 9.60 Å². The van der Waals surface area contributed by atoms with E-state index in [-0.39, 0.29) is 16.1 Å². The van der Waals surface area contributed by atoms with Crippen LogP contribution in [0.4, 0.5) is 16.0 Å². The van der Waals surface area contributed by atoms with E-state index in [1.807, 2.05) is 0 Å². The molecule has 0 bridgehead atoms. The van der Waals surface area contributed by atoms with Gasteiger partial charge in [0.2, 0.25) is 5.95 Å². The zero-order valence-electron chi connectivity index (χ0n) is 11.9. The molecule has 23 heavy (non-hydrogen) atoms. The maximum Gasteiger partial charge on any atom is 0.202 e. The number of hydroxylamine groups is 1. The summed E-state index contributed by atoms with van der Waals surface area (Å²) in [4.78, 5) is 15.7. The normalized spacial score (nSPS) is 11.7. The molecule has 0 aliphatic heterocycles. The molecule has 0 spiro atoms. The van der Waals surface area contributed by atoms with Crippen molar-refractivity contribution >= 4 is 44.6 Å². The van der Waals surface area contributed by atoms with E-state index in [0.29, 0.717) is 28.4 Å². The van der Waals surface area contributed by atoms with Gasteiger partial charge in [0.15, 0.2) is 11.5 Å². The minimum atomic E-state index is -0.388. The number of aliphatic imine (C=N–C) groups is 1. The molecule has 0 fully saturated rings. The number of rotatable bonds is 3. The Kier molecular flexibility index (Phi) is 4.22. The zero-order valence-corrected chi connectivity index (χ0v) is 13.5. The number of aromatic nitrogens is 3. The van der Waals surface area contributed by atoms with E-state index in [0.717, 1.165) is 0 Å². The summed E-state index contributed by atoms with van der Waals surface area (Å²) in [6.45, 7) is 0. The molecule has 0 unspecified atom stereocenters. The van der Waals surface area contributed by atoms with Gasteiger partial charge in [-0.05, 0) is 40.2 Å². The Morgan fingerprint density at radius 2 is 2.22 bits per heavy atom. The predicted octanol–water partition coefficient (Wildman–Crippen LogP) is 2.96. The number of benzene rings is 1. The quantitative estimate of drug-likeness (QED) is 0.319. The minimum Gasteiger partial charge on any atom is -0.359 e. The first-order chi connectivity index (χ1) is 11.1. The van der Waals surface area contributed by atoms with Crippen LogP contribution in [0, 0.1) is 5.82 Å². The van der Waals surface area contributed by atoms with Crippen LogP contribution in [0.25, 0.3) is 11.2 Å². The van der Waals surface area contributed by atoms with Crippen LogP contribution in [0.15, 0.2) is 39.9 Å². The van der Waals surface area contributed by atoms with E-state index in [4.69, 9.17) is 0 Å². The third kappa shape index (κ3) is 3.01. The van der Waals surface area contributed by atoms with E-state index in [1.165, 1.54) is 18.2 Å². The Balaban J connectivity index is 2.11. The third-order valence-electron chi connectivity index (χ3n) is 3.13. The molecule has 1 aromatic carbocycles. The van der Waals surface area contributed by atoms with Crippen LogP contribution in [-0.4, -0.2) is 33.0 Å². The molecule has 0 radical (unpaired) electrons. The summed E-state index contributed by atoms with van der Waals surface area (Å²) in [6, 6.07) is 5.98. The van der Waals surface area contributed by atoms with Gasteiger partial charge in [0.25, 0.3) is 0 Å². The predicted molar refractivity (Wildman–Crippen MR) is 88.7 cm³/mol. The average molecular weight is 379 g/mol. The molecule has 0 atom stereocenters. The van der Waals surface area contributed by atoms with Crippen LogP contribution >= 0.6 is 15.9 Å². The fourth-order valence-corrected chi connectivity index (χ4v) is 2.42. The molecule has 2 heterocycles. The van der Waals surface area contributed by atoms with E-state index >= 15 is 0 Å². The van der Waals surface area contributed by atoms with Crippen LogP contribution in [0.2, 0.25) is 0 Å². The van der Waals surface area contributed by atoms with Crippen LogP contribution in [0.5, 0.6) is 0 Å². The number of H-pyrrole nitrogens is 1. The van der Waals surface area contributed by atoms with Gasteiger partial charge in [-0.15, -0.1) is 0 Å². The van der Waals surface area contributed by atoms with Gasteiger partial charge < -0.3 is 10.3 Å². The second kappa shape index (κ2) is 6.31. The largest absolute Gasteiger partial charge is 0.359 e. The Morgan fingerprint density at radius 1 is 1.39 bits per heavy atom. The molecular weight excluding hydrogens is 367 g/mol. The number of amidine groups is 1. The van der Waals surface area contributed by atoms with Crippen LogP contribution < -0.4 is 10.8 Å². The highest BCUT2D eigenvalue weighted by Gasteiger charge is 2.13. The molecule has 0 saturated heterocycles. The van der Waals surface area contributed by atoms with Crippen molar-refractivity contribution in [3.63, 3.8) is 0 Å². The number of pyridine rings is 1. The van der Waals surface area contributed by atoms with Gasteiger partial charge in [-0.1, -0.05) is 0 Å². The first-order valence-electron chi connectivity index (χ1n) is 6.59. The molecule has 4 N–H and O–H groups in total. The lowest BCUT2D eigenvalue weighted by Gasteiger charge is -2.06. The number of nitrogens with one attached hydrogen (secondary N) is 3. The molecule has 0 aliphatic rings. The number of aromatic amines is 1. The number of nitrogens with zero attached hydrogens (tertiary/aromatic N) is 3. The smallest absolute Gasteiger partial charge is 0.202 e. The van der Waals surface area contributed by atoms with Gasteiger partial charge in [-0.2, -0.15) is 4.98 Å². The Bertz CT molecular complexity index is 894. The second-order valence-electron chi connectivity index (χ2n) is 4.56. The topological polar surface area (TPSA) is 98.2 Å². The van der Waals surface area contributed by atoms with Crippen molar-refractivity contribution in [2.45, 2.75) is 0 Å². The van der Waals surface area contributed by atoms with Gasteiger partial charge in [0, 0.05) is 18.8 Å². The van der Waals surface area contributed by atoms with E-state index < -0.39 is 0 Å². The number of hydrogen-bond donors (Lipinski definition) is 4. The minimum absolute atomic E-state index is 0.183. The van der Waals surface area contributed by atoms with Gasteiger partial charge in [0.05, 0.1) is 15.7 Å². The summed E-state index contributed by atoms with van der Waals surface area (Å²) in [5.74, 6) is 0.338. The molecule has 9 heteroatoms. The number of hydrogen-bond acceptors (Lipinski definition) is 5. The summed E-state index contributed by atoms with van der Waals surface area (Å²) in [5, 5.41) is 12.3. The van der Waals surface area contributed by atoms with Crippen molar-refractivity contribution in [2.24, 2.45) is 4.99 Å². The Morgan fingerprint density at radius 3 is 2.91 bits per heavy atom. The van der Waals surface area contributed by atoms with Crippen molar-refractivity contribution in [1.82, 2.24) is 20.4 Å². The van der Waals surface area contributed by atoms with Gasteiger partial charge >= 0.3 is 0 Å². The highest BCUT2D eigenvalue weighted by atomic mass is 79.9. The van der Waals surface area contributed by atoms with Crippen molar-refractivity contribution in [2.75, 3.05) is 12.4 Å². The average Bonchev–Trinajstić information content (AvgIpc) is 2.99. The lowest BCUT2D eigenvalue weighted by Crippen LogP contribution is -2.20. The fourth-order valence-electron chi connectivity index (χ4n) is 2.06. The zero-order chi connectivity index (χ0) is 16.4. The van der Waals surface area contributed by atoms with Gasteiger partial charge in [-0.25, -0.2) is 14.4 Å². The number of halogens is 2. The lowest BCUT2D eigenvalue weighted by molar-refractivity contribution is 0.235. The molecule has 2 aromatic heterocycles. The third-order valence-corrected chi connectivity index (χ3v) is 3.74. The SMILES string of the molecule is CNc1nc2nccc(C(=Nc3ccc(F)c(Br)c3)NO)c2[nH]1. The standard InChI is InChI=1S/C14H12BrFN6O/c1-17-14-20-11-8(4-5-18-13(11)21-14)12(22-23)19-7-2-3-10(16)9(15)6-7/h2-6,23H,1H3,(H,19,22)(H2,17,18,20,21). The lowest BCUT2D eigenvalue weighted by atomic mass is 10.2. The van der Waals surface area contributed by atoms with Gasteiger partial charge in [0.1, 0.15) is 5.82 Å². The molecule has 3 rings (SSSR count). The van der Waals surface area contributed by atoms with E-state index in [1.54, 1.807) is 19.3 Å². The Hall–Kier alpha value is -2.52. The van der Waals surface area contributed by atoms with E-state index in [2.05, 4.69) is 46.7 Å². The van der Waals surface area contributed by atoms with Crippen molar-refractivity contribution in [3.8, 4) is 0 Å². The molecule has 0 amide bonds. The maximum absolute atomic E-state index is 13.3. The highest BCUT2D eigenvalue weighted by molar-refractivity contribution is 9.10. The summed E-state index contributed by atoms with van der Waals surface area (Å²) in [7, 11) is 1.73. The first-order valence-corrected chi connectivity index (χ1v) is 7.38. The highest BCUT2D eigenvalue weighted by Crippen LogP contribution is 2.24. The van der Waals surface area contributed by atoms with Crippen molar-refractivity contribution in [3.05, 3.63) is 46.3 Å². The number of anilines is 1. The Labute approximate surface area is 138 Å². The summed E-state index contributed by atoms with van der Waals surface area (Å²) >= 11 is 3.10. The van der Waals surface area contributed by atoms with Crippen LogP contribution in [0.1, 0.15) is 5.56 Å². The summed E-state index contributed by atoms with van der Waals surface area (Å²) in [6.07, 6.45) is 1.56. The molecular formula is C14H12BrFN6O. The molecule has 118 valence electrons. The van der Waals surface area contributed by atoms with Gasteiger partial charge in [-0.3, -0.25) is 10.7 Å². The van der Waals surface area contributed by atoms with Crippen molar-refractivity contribution in [1.29, 1.82) is 0 Å². The molecule has 0 aliphatic carbocycles. The molecule has 7 nitrogen and oxygen atoms in total. The second-order valence-corrected chi connectivity index (χ2v) is 5.42.